The second kappa shape index (κ2) is 12.3. The molecule has 1 saturated carbocycles. The monoisotopic (exact) mass is 462 g/mol. The Morgan fingerprint density at radius 1 is 1.03 bits per heavy atom. The molecular weight excluding hydrogens is 431 g/mol. The summed E-state index contributed by atoms with van der Waals surface area (Å²) in [6.45, 7) is -1.22. The molecule has 11 N–H and O–H groups in total. The Kier molecular flexibility index (Phi) is 11.2. The number of aliphatic hydroxyl groups is 6. The van der Waals surface area contributed by atoms with E-state index in [1.165, 1.54) is 0 Å². The number of carbonyl (C=O) groups excluding carboxylic acids is 1. The van der Waals surface area contributed by atoms with E-state index in [1.54, 1.807) is 0 Å². The minimum absolute atomic E-state index is 0.179. The van der Waals surface area contributed by atoms with Crippen molar-refractivity contribution in [3.63, 3.8) is 0 Å². The molecule has 9 atom stereocenters. The standard InChI is InChI=1S/C15H31N2O12P/c16-4-2-1-3-8(17)15(24)28-13-11(22)9(20)10(21)12(23)14(13)29-30(25,26)27-6-7(19)5-18/h7-14,18-23H,1-6,16-17H2,(H,25,26)/t7?,8-,9+,10+,11-,12-,13-,14+/m0/s1. The Balaban J connectivity index is 2.94. The summed E-state index contributed by atoms with van der Waals surface area (Å²) in [5.41, 5.74) is 11.0. The van der Waals surface area contributed by atoms with Crippen LogP contribution in [0.2, 0.25) is 0 Å². The van der Waals surface area contributed by atoms with Gasteiger partial charge in [0.2, 0.25) is 0 Å². The molecule has 0 spiro atoms. The Labute approximate surface area is 172 Å². The third-order valence-corrected chi connectivity index (χ3v) is 5.45. The van der Waals surface area contributed by atoms with Crippen molar-refractivity contribution in [2.45, 2.75) is 68.0 Å². The van der Waals surface area contributed by atoms with Crippen LogP contribution in [0.25, 0.3) is 0 Å². The highest BCUT2D eigenvalue weighted by molar-refractivity contribution is 7.47. The second-order valence-electron chi connectivity index (χ2n) is 6.93. The number of ether oxygens (including phenoxy) is 1. The van der Waals surface area contributed by atoms with Crippen molar-refractivity contribution in [3.8, 4) is 0 Å². The summed E-state index contributed by atoms with van der Waals surface area (Å²) < 4.78 is 26.3. The lowest BCUT2D eigenvalue weighted by atomic mass is 9.85. The zero-order chi connectivity index (χ0) is 23.1. The van der Waals surface area contributed by atoms with Crippen LogP contribution in [0.1, 0.15) is 19.3 Å². The number of nitrogens with two attached hydrogens (primary N) is 2. The van der Waals surface area contributed by atoms with E-state index >= 15 is 0 Å². The van der Waals surface area contributed by atoms with Gasteiger partial charge in [-0.05, 0) is 19.4 Å². The summed E-state index contributed by atoms with van der Waals surface area (Å²) in [7, 11) is -5.04. The van der Waals surface area contributed by atoms with Gasteiger partial charge in [-0.3, -0.25) is 13.8 Å². The van der Waals surface area contributed by atoms with E-state index in [0.29, 0.717) is 19.4 Å². The van der Waals surface area contributed by atoms with Crippen molar-refractivity contribution in [2.75, 3.05) is 19.8 Å². The normalized spacial score (nSPS) is 33.5. The van der Waals surface area contributed by atoms with Crippen LogP contribution < -0.4 is 11.5 Å². The molecule has 0 bridgehead atoms. The average Bonchev–Trinajstić information content (AvgIpc) is 2.71. The van der Waals surface area contributed by atoms with Crippen LogP contribution in [0, 0.1) is 0 Å². The first kappa shape index (κ1) is 27.3. The predicted octanol–water partition coefficient (Wildman–Crippen LogP) is -4.33. The van der Waals surface area contributed by atoms with Crippen LogP contribution in [0.3, 0.4) is 0 Å². The van der Waals surface area contributed by atoms with Crippen molar-refractivity contribution in [1.82, 2.24) is 0 Å². The lowest BCUT2D eigenvalue weighted by molar-refractivity contribution is -0.231. The van der Waals surface area contributed by atoms with E-state index in [2.05, 4.69) is 4.52 Å². The van der Waals surface area contributed by atoms with Gasteiger partial charge in [0.05, 0.1) is 13.2 Å². The van der Waals surface area contributed by atoms with Gasteiger partial charge >= 0.3 is 13.8 Å². The first-order chi connectivity index (χ1) is 13.9. The minimum Gasteiger partial charge on any atom is -0.455 e. The summed E-state index contributed by atoms with van der Waals surface area (Å²) in [6.07, 6.45) is -12.2. The second-order valence-corrected chi connectivity index (χ2v) is 8.33. The number of rotatable bonds is 12. The van der Waals surface area contributed by atoms with Crippen molar-refractivity contribution < 1.29 is 58.7 Å². The lowest BCUT2D eigenvalue weighted by Crippen LogP contribution is -2.65. The molecular formula is C15H31N2O12P. The first-order valence-electron chi connectivity index (χ1n) is 9.28. The molecule has 1 aliphatic carbocycles. The highest BCUT2D eigenvalue weighted by atomic mass is 31.2. The highest BCUT2D eigenvalue weighted by Crippen LogP contribution is 2.47. The van der Waals surface area contributed by atoms with Crippen molar-refractivity contribution in [3.05, 3.63) is 0 Å². The van der Waals surface area contributed by atoms with Crippen LogP contribution in [-0.4, -0.2) is 110 Å². The zero-order valence-corrected chi connectivity index (χ0v) is 17.0. The van der Waals surface area contributed by atoms with Gasteiger partial charge in [-0.1, -0.05) is 6.42 Å². The Morgan fingerprint density at radius 3 is 2.13 bits per heavy atom. The van der Waals surface area contributed by atoms with E-state index in [-0.39, 0.29) is 6.42 Å². The number of hydrogen-bond donors (Lipinski definition) is 9. The van der Waals surface area contributed by atoms with Gasteiger partial charge in [0, 0.05) is 0 Å². The molecule has 178 valence electrons. The maximum atomic E-state index is 12.2. The van der Waals surface area contributed by atoms with Gasteiger partial charge < -0.3 is 51.7 Å². The predicted molar refractivity (Wildman–Crippen MR) is 98.5 cm³/mol. The fourth-order valence-corrected chi connectivity index (χ4v) is 3.68. The molecule has 14 nitrogen and oxygen atoms in total. The fraction of sp³-hybridized carbons (Fsp3) is 0.933. The van der Waals surface area contributed by atoms with E-state index < -0.39 is 75.8 Å². The van der Waals surface area contributed by atoms with Crippen molar-refractivity contribution in [1.29, 1.82) is 0 Å². The van der Waals surface area contributed by atoms with Crippen molar-refractivity contribution >= 4 is 13.8 Å². The number of phosphoric acid groups is 1. The Hall–Kier alpha value is -0.740. The highest BCUT2D eigenvalue weighted by Gasteiger charge is 2.54. The average molecular weight is 462 g/mol. The largest absolute Gasteiger partial charge is 0.472 e. The molecule has 0 radical (unpaired) electrons. The quantitative estimate of drug-likeness (QED) is 0.0755. The molecule has 30 heavy (non-hydrogen) atoms. The SMILES string of the molecule is NCCCC[C@H](N)C(=O)O[C@H]1[C@@H](O)[C@H](O)[C@@H](O)[C@H](O)[C@H]1OP(=O)(O)OCC(O)CO. The van der Waals surface area contributed by atoms with Crippen LogP contribution in [-0.2, 0) is 23.1 Å². The molecule has 1 aliphatic rings. The van der Waals surface area contributed by atoms with Gasteiger partial charge in [-0.25, -0.2) is 4.57 Å². The molecule has 0 aliphatic heterocycles. The number of unbranched alkanes of at least 4 members (excludes halogenated alkanes) is 1. The molecule has 0 saturated heterocycles. The van der Waals surface area contributed by atoms with Gasteiger partial charge in [0.25, 0.3) is 0 Å². The van der Waals surface area contributed by atoms with Gasteiger partial charge in [0.1, 0.15) is 42.7 Å². The number of carbonyl (C=O) groups is 1. The Morgan fingerprint density at radius 2 is 1.60 bits per heavy atom. The molecule has 1 rings (SSSR count). The molecule has 0 aromatic rings. The first-order valence-corrected chi connectivity index (χ1v) is 10.8. The summed E-state index contributed by atoms with van der Waals surface area (Å²) in [6, 6.07) is -1.15. The maximum absolute atomic E-state index is 12.2. The van der Waals surface area contributed by atoms with Crippen LogP contribution in [0.5, 0.6) is 0 Å². The number of hydrogen-bond acceptors (Lipinski definition) is 13. The lowest BCUT2D eigenvalue weighted by Gasteiger charge is -2.43. The van der Waals surface area contributed by atoms with E-state index in [0.717, 1.165) is 0 Å². The molecule has 15 heteroatoms. The van der Waals surface area contributed by atoms with Gasteiger partial charge in [-0.2, -0.15) is 0 Å². The molecule has 2 unspecified atom stereocenters. The van der Waals surface area contributed by atoms with Gasteiger partial charge in [-0.15, -0.1) is 0 Å². The minimum atomic E-state index is -5.04. The summed E-state index contributed by atoms with van der Waals surface area (Å²) in [4.78, 5) is 22.0. The van der Waals surface area contributed by atoms with E-state index in [1.807, 2.05) is 0 Å². The number of aliphatic hydroxyl groups excluding tert-OH is 6. The summed E-state index contributed by atoms with van der Waals surface area (Å²) in [5, 5.41) is 57.9. The van der Waals surface area contributed by atoms with E-state index in [9.17, 15) is 39.8 Å². The fourth-order valence-electron chi connectivity index (χ4n) is 2.71. The maximum Gasteiger partial charge on any atom is 0.472 e. The molecule has 0 heterocycles. The number of phosphoric ester groups is 1. The van der Waals surface area contributed by atoms with E-state index in [4.69, 9.17) is 25.8 Å². The van der Waals surface area contributed by atoms with Crippen LogP contribution in [0.4, 0.5) is 0 Å². The summed E-state index contributed by atoms with van der Waals surface area (Å²) in [5.74, 6) is -1.05. The molecule has 0 amide bonds. The molecule has 1 fully saturated rings. The third kappa shape index (κ3) is 7.75. The van der Waals surface area contributed by atoms with Crippen molar-refractivity contribution in [2.24, 2.45) is 11.5 Å². The third-order valence-electron chi connectivity index (χ3n) is 4.47. The smallest absolute Gasteiger partial charge is 0.455 e. The van der Waals surface area contributed by atoms with Crippen LogP contribution in [0.15, 0.2) is 0 Å². The summed E-state index contributed by atoms with van der Waals surface area (Å²) >= 11 is 0. The van der Waals surface area contributed by atoms with Gasteiger partial charge in [0.15, 0.2) is 6.10 Å². The zero-order valence-electron chi connectivity index (χ0n) is 16.1. The molecule has 0 aromatic heterocycles. The number of esters is 1. The molecule has 0 aromatic carbocycles. The van der Waals surface area contributed by atoms with Crippen LogP contribution >= 0.6 is 7.82 Å². The Bertz CT molecular complexity index is 584. The topological polar surface area (TPSA) is 255 Å².